The first-order chi connectivity index (χ1) is 8.05. The summed E-state index contributed by atoms with van der Waals surface area (Å²) in [5.41, 5.74) is 1.92. The van der Waals surface area contributed by atoms with Crippen LogP contribution in [0.25, 0.3) is 0 Å². The van der Waals surface area contributed by atoms with E-state index in [2.05, 4.69) is 35.0 Å². The van der Waals surface area contributed by atoms with Gasteiger partial charge in [-0.05, 0) is 37.1 Å². The van der Waals surface area contributed by atoms with E-state index in [-0.39, 0.29) is 0 Å². The molecule has 92 valence electrons. The van der Waals surface area contributed by atoms with Gasteiger partial charge in [0.2, 0.25) is 6.41 Å². The van der Waals surface area contributed by atoms with Crippen molar-refractivity contribution in [3.8, 4) is 0 Å². The fraction of sp³-hybridized carbons (Fsp3) is 0.462. The smallest absolute Gasteiger partial charge is 0.209 e. The number of hydrogen-bond donors (Lipinski definition) is 0. The number of hydrogen-bond acceptors (Lipinski definition) is 2. The number of ether oxygens (including phenoxy) is 1. The Balaban J connectivity index is 2.33. The molecular formula is C13H16BrNO2. The molecule has 1 fully saturated rings. The molecule has 1 aromatic carbocycles. The highest BCUT2D eigenvalue weighted by molar-refractivity contribution is 9.10. The van der Waals surface area contributed by atoms with E-state index in [1.165, 1.54) is 5.56 Å². The molecule has 1 saturated heterocycles. The monoisotopic (exact) mass is 297 g/mol. The Morgan fingerprint density at radius 3 is 2.94 bits per heavy atom. The Morgan fingerprint density at radius 2 is 2.29 bits per heavy atom. The number of carbonyl (C=O) groups excluding carboxylic acids is 1. The van der Waals surface area contributed by atoms with Crippen LogP contribution in [-0.4, -0.2) is 31.0 Å². The zero-order valence-corrected chi connectivity index (χ0v) is 11.7. The van der Waals surface area contributed by atoms with Crippen LogP contribution in [0.4, 0.5) is 0 Å². The van der Waals surface area contributed by atoms with Crippen molar-refractivity contribution in [1.82, 2.24) is 4.90 Å². The quantitative estimate of drug-likeness (QED) is 0.785. The minimum absolute atomic E-state index is 0.399. The second kappa shape index (κ2) is 4.78. The van der Waals surface area contributed by atoms with Gasteiger partial charge in [0, 0.05) is 11.0 Å². The van der Waals surface area contributed by atoms with Gasteiger partial charge in [0.15, 0.2) is 0 Å². The zero-order valence-electron chi connectivity index (χ0n) is 10.1. The second-order valence-corrected chi connectivity index (χ2v) is 5.53. The van der Waals surface area contributed by atoms with Crippen molar-refractivity contribution in [3.63, 3.8) is 0 Å². The van der Waals surface area contributed by atoms with E-state index in [0.717, 1.165) is 16.4 Å². The predicted octanol–water partition coefficient (Wildman–Crippen LogP) is 2.46. The minimum atomic E-state index is -0.399. The lowest BCUT2D eigenvalue weighted by Crippen LogP contribution is -2.47. The number of carbonyl (C=O) groups is 1. The first kappa shape index (κ1) is 12.6. The fourth-order valence-corrected chi connectivity index (χ4v) is 2.85. The Bertz CT molecular complexity index is 435. The maximum absolute atomic E-state index is 10.9. The summed E-state index contributed by atoms with van der Waals surface area (Å²) in [6, 6.07) is 6.15. The third-order valence-electron chi connectivity index (χ3n) is 3.21. The van der Waals surface area contributed by atoms with Gasteiger partial charge in [0.25, 0.3) is 0 Å². The Labute approximate surface area is 110 Å². The van der Waals surface area contributed by atoms with Crippen molar-refractivity contribution >= 4 is 22.3 Å². The first-order valence-electron chi connectivity index (χ1n) is 5.65. The summed E-state index contributed by atoms with van der Waals surface area (Å²) < 4.78 is 6.95. The van der Waals surface area contributed by atoms with Gasteiger partial charge < -0.3 is 9.64 Å². The lowest BCUT2D eigenvalue weighted by Gasteiger charge is -2.40. The van der Waals surface area contributed by atoms with Crippen LogP contribution in [0.15, 0.2) is 22.7 Å². The molecule has 0 aliphatic carbocycles. The number of amides is 1. The number of morpholine rings is 1. The number of halogens is 1. The number of rotatable bonds is 2. The van der Waals surface area contributed by atoms with Crippen LogP contribution in [-0.2, 0) is 15.1 Å². The van der Waals surface area contributed by atoms with Crippen molar-refractivity contribution in [2.45, 2.75) is 19.4 Å². The van der Waals surface area contributed by atoms with Crippen LogP contribution in [0.3, 0.4) is 0 Å². The zero-order chi connectivity index (χ0) is 12.5. The third-order valence-corrected chi connectivity index (χ3v) is 3.70. The molecule has 2 rings (SSSR count). The van der Waals surface area contributed by atoms with E-state index in [1.807, 2.05) is 13.0 Å². The average molecular weight is 298 g/mol. The summed E-state index contributed by atoms with van der Waals surface area (Å²) >= 11 is 3.46. The summed E-state index contributed by atoms with van der Waals surface area (Å²) in [7, 11) is 0. The highest BCUT2D eigenvalue weighted by Crippen LogP contribution is 2.32. The summed E-state index contributed by atoms with van der Waals surface area (Å²) in [5, 5.41) is 0. The standard InChI is InChI=1S/C13H16BrNO2/c1-10-7-11(14)3-4-12(10)13(2)8-15(9-16)5-6-17-13/h3-4,7,9H,5-6,8H2,1-2H3/t13-/m1/s1. The van der Waals surface area contributed by atoms with Crippen LogP contribution >= 0.6 is 15.9 Å². The van der Waals surface area contributed by atoms with Gasteiger partial charge in [-0.1, -0.05) is 22.0 Å². The van der Waals surface area contributed by atoms with E-state index in [4.69, 9.17) is 4.74 Å². The molecule has 4 heteroatoms. The highest BCUT2D eigenvalue weighted by atomic mass is 79.9. The van der Waals surface area contributed by atoms with Gasteiger partial charge in [-0.15, -0.1) is 0 Å². The summed E-state index contributed by atoms with van der Waals surface area (Å²) in [4.78, 5) is 12.6. The molecule has 1 amide bonds. The van der Waals surface area contributed by atoms with Gasteiger partial charge in [0.1, 0.15) is 5.60 Å². The van der Waals surface area contributed by atoms with Crippen LogP contribution in [0, 0.1) is 6.92 Å². The lowest BCUT2D eigenvalue weighted by atomic mass is 9.90. The lowest BCUT2D eigenvalue weighted by molar-refractivity contribution is -0.137. The predicted molar refractivity (Wildman–Crippen MR) is 69.8 cm³/mol. The second-order valence-electron chi connectivity index (χ2n) is 4.61. The molecule has 1 aliphatic rings. The minimum Gasteiger partial charge on any atom is -0.367 e. The molecule has 0 saturated carbocycles. The van der Waals surface area contributed by atoms with E-state index in [1.54, 1.807) is 4.90 Å². The van der Waals surface area contributed by atoms with Gasteiger partial charge in [-0.25, -0.2) is 0 Å². The topological polar surface area (TPSA) is 29.5 Å². The van der Waals surface area contributed by atoms with Gasteiger partial charge in [-0.3, -0.25) is 4.79 Å². The van der Waals surface area contributed by atoms with E-state index >= 15 is 0 Å². The summed E-state index contributed by atoms with van der Waals surface area (Å²) in [6.45, 7) is 5.98. The van der Waals surface area contributed by atoms with Crippen LogP contribution in [0.5, 0.6) is 0 Å². The summed E-state index contributed by atoms with van der Waals surface area (Å²) in [5.74, 6) is 0. The number of benzene rings is 1. The highest BCUT2D eigenvalue weighted by Gasteiger charge is 2.34. The molecule has 0 bridgehead atoms. The molecule has 0 aromatic heterocycles. The largest absolute Gasteiger partial charge is 0.367 e. The molecule has 0 N–H and O–H groups in total. The van der Waals surface area contributed by atoms with Gasteiger partial charge >= 0.3 is 0 Å². The molecule has 1 atom stereocenters. The SMILES string of the molecule is Cc1cc(Br)ccc1[C@@]1(C)CN(C=O)CCO1. The molecule has 0 spiro atoms. The van der Waals surface area contributed by atoms with Crippen molar-refractivity contribution < 1.29 is 9.53 Å². The van der Waals surface area contributed by atoms with Crippen molar-refractivity contribution in [1.29, 1.82) is 0 Å². The Morgan fingerprint density at radius 1 is 1.53 bits per heavy atom. The van der Waals surface area contributed by atoms with Crippen molar-refractivity contribution in [2.75, 3.05) is 19.7 Å². The molecule has 1 aromatic rings. The molecule has 3 nitrogen and oxygen atoms in total. The fourth-order valence-electron chi connectivity index (χ4n) is 2.37. The Kier molecular flexibility index (Phi) is 3.54. The first-order valence-corrected chi connectivity index (χ1v) is 6.44. The molecule has 1 aliphatic heterocycles. The maximum Gasteiger partial charge on any atom is 0.209 e. The van der Waals surface area contributed by atoms with E-state index < -0.39 is 5.60 Å². The molecule has 1 heterocycles. The van der Waals surface area contributed by atoms with Crippen LogP contribution in [0.1, 0.15) is 18.1 Å². The maximum atomic E-state index is 10.9. The normalized spacial score (nSPS) is 24.8. The molecule has 0 unspecified atom stereocenters. The van der Waals surface area contributed by atoms with Crippen LogP contribution < -0.4 is 0 Å². The van der Waals surface area contributed by atoms with Crippen LogP contribution in [0.2, 0.25) is 0 Å². The molecular weight excluding hydrogens is 282 g/mol. The van der Waals surface area contributed by atoms with Gasteiger partial charge in [-0.2, -0.15) is 0 Å². The van der Waals surface area contributed by atoms with Crippen molar-refractivity contribution in [3.05, 3.63) is 33.8 Å². The van der Waals surface area contributed by atoms with Gasteiger partial charge in [0.05, 0.1) is 13.2 Å². The Hall–Kier alpha value is -0.870. The van der Waals surface area contributed by atoms with E-state index in [9.17, 15) is 4.79 Å². The van der Waals surface area contributed by atoms with Crippen molar-refractivity contribution in [2.24, 2.45) is 0 Å². The van der Waals surface area contributed by atoms with E-state index in [0.29, 0.717) is 19.7 Å². The molecule has 17 heavy (non-hydrogen) atoms. The average Bonchev–Trinajstić information content (AvgIpc) is 2.28. The summed E-state index contributed by atoms with van der Waals surface area (Å²) in [6.07, 6.45) is 0.898. The number of nitrogens with zero attached hydrogens (tertiary/aromatic N) is 1. The number of aryl methyl sites for hydroxylation is 1. The third kappa shape index (κ3) is 2.53. The molecule has 0 radical (unpaired) electrons.